The molecule has 0 N–H and O–H groups in total. The molecule has 0 radical (unpaired) electrons. The van der Waals surface area contributed by atoms with Crippen LogP contribution in [0.15, 0.2) is 70.8 Å². The second kappa shape index (κ2) is 9.22. The Morgan fingerprint density at radius 1 is 1.00 bits per heavy atom. The Hall–Kier alpha value is -2.33. The van der Waals surface area contributed by atoms with Crippen molar-refractivity contribution in [3.05, 3.63) is 66.6 Å². The zero-order valence-corrected chi connectivity index (χ0v) is 17.3. The first-order valence-electron chi connectivity index (χ1n) is 8.94. The summed E-state index contributed by atoms with van der Waals surface area (Å²) in [6.45, 7) is -1.19. The van der Waals surface area contributed by atoms with Gasteiger partial charge in [0.25, 0.3) is 0 Å². The molecule has 0 amide bonds. The lowest BCUT2D eigenvalue weighted by atomic mass is 10.2. The number of halogens is 4. The third-order valence-electron chi connectivity index (χ3n) is 4.19. The van der Waals surface area contributed by atoms with Gasteiger partial charge in [0.1, 0.15) is 12.4 Å². The maximum absolute atomic E-state index is 13.1. The number of alkyl halides is 3. The van der Waals surface area contributed by atoms with Crippen LogP contribution in [0.4, 0.5) is 17.6 Å². The summed E-state index contributed by atoms with van der Waals surface area (Å²) in [5, 5.41) is 0.172. The van der Waals surface area contributed by atoms with E-state index in [0.29, 0.717) is 11.3 Å². The van der Waals surface area contributed by atoms with Crippen LogP contribution in [0.5, 0.6) is 0 Å². The molecule has 10 heteroatoms. The van der Waals surface area contributed by atoms with Crippen LogP contribution in [0, 0.1) is 5.82 Å². The van der Waals surface area contributed by atoms with Gasteiger partial charge in [-0.25, -0.2) is 17.8 Å². The van der Waals surface area contributed by atoms with Crippen molar-refractivity contribution in [2.45, 2.75) is 29.2 Å². The molecule has 0 spiro atoms. The van der Waals surface area contributed by atoms with Crippen LogP contribution in [-0.2, 0) is 16.4 Å². The first-order valence-corrected chi connectivity index (χ1v) is 11.6. The van der Waals surface area contributed by atoms with Gasteiger partial charge < -0.3 is 4.57 Å². The number of benzene rings is 2. The minimum atomic E-state index is -4.43. The first kappa shape index (κ1) is 22.4. The number of thioether (sulfide) groups is 1. The van der Waals surface area contributed by atoms with Gasteiger partial charge in [0, 0.05) is 5.75 Å². The van der Waals surface area contributed by atoms with Crippen molar-refractivity contribution in [3.63, 3.8) is 0 Å². The molecule has 1 heterocycles. The second-order valence-electron chi connectivity index (χ2n) is 6.47. The number of aromatic nitrogens is 2. The molecule has 2 aromatic carbocycles. The van der Waals surface area contributed by atoms with Gasteiger partial charge in [-0.3, -0.25) is 0 Å². The molecule has 0 atom stereocenters. The van der Waals surface area contributed by atoms with Crippen LogP contribution in [0.25, 0.3) is 11.3 Å². The van der Waals surface area contributed by atoms with Gasteiger partial charge in [-0.05, 0) is 36.2 Å². The number of nitrogens with zero attached hydrogens (tertiary/aromatic N) is 2. The summed E-state index contributed by atoms with van der Waals surface area (Å²) in [6.07, 6.45) is -2.83. The van der Waals surface area contributed by atoms with Gasteiger partial charge in [0.2, 0.25) is 0 Å². The Morgan fingerprint density at radius 3 is 2.30 bits per heavy atom. The first-order chi connectivity index (χ1) is 14.2. The normalized spacial score (nSPS) is 12.3. The average Bonchev–Trinajstić information content (AvgIpc) is 3.07. The van der Waals surface area contributed by atoms with E-state index in [1.165, 1.54) is 18.3 Å². The SMILES string of the molecule is O=S(=O)(CCCSc1ncc(-c2ccccc2)n1CC(F)(F)F)c1ccc(F)cc1. The smallest absolute Gasteiger partial charge is 0.310 e. The molecule has 0 bridgehead atoms. The summed E-state index contributed by atoms with van der Waals surface area (Å²) in [6, 6.07) is 13.2. The van der Waals surface area contributed by atoms with Gasteiger partial charge in [0.15, 0.2) is 15.0 Å². The summed E-state index contributed by atoms with van der Waals surface area (Å²) < 4.78 is 77.9. The van der Waals surface area contributed by atoms with Crippen molar-refractivity contribution >= 4 is 21.6 Å². The van der Waals surface area contributed by atoms with Crippen LogP contribution in [0.2, 0.25) is 0 Å². The van der Waals surface area contributed by atoms with Crippen molar-refractivity contribution in [2.24, 2.45) is 0 Å². The number of hydrogen-bond acceptors (Lipinski definition) is 4. The minimum Gasteiger partial charge on any atom is -0.310 e. The molecular formula is C20H18F4N2O2S2. The van der Waals surface area contributed by atoms with E-state index in [4.69, 9.17) is 0 Å². The lowest BCUT2D eigenvalue weighted by Gasteiger charge is -2.14. The largest absolute Gasteiger partial charge is 0.406 e. The summed E-state index contributed by atoms with van der Waals surface area (Å²) in [4.78, 5) is 4.13. The van der Waals surface area contributed by atoms with Crippen LogP contribution in [-0.4, -0.2) is 35.7 Å². The molecule has 0 unspecified atom stereocenters. The molecule has 1 aromatic heterocycles. The minimum absolute atomic E-state index is 0.0128. The fourth-order valence-corrected chi connectivity index (χ4v) is 5.23. The lowest BCUT2D eigenvalue weighted by molar-refractivity contribution is -0.141. The molecule has 0 aliphatic heterocycles. The average molecular weight is 459 g/mol. The van der Waals surface area contributed by atoms with Crippen molar-refractivity contribution in [2.75, 3.05) is 11.5 Å². The summed E-state index contributed by atoms with van der Waals surface area (Å²) in [7, 11) is -3.60. The summed E-state index contributed by atoms with van der Waals surface area (Å²) in [5.74, 6) is -0.462. The van der Waals surface area contributed by atoms with E-state index in [2.05, 4.69) is 4.98 Å². The van der Waals surface area contributed by atoms with E-state index in [-0.39, 0.29) is 28.0 Å². The highest BCUT2D eigenvalue weighted by atomic mass is 32.2. The Bertz CT molecular complexity index is 1080. The monoisotopic (exact) mass is 458 g/mol. The molecule has 4 nitrogen and oxygen atoms in total. The van der Waals surface area contributed by atoms with Crippen LogP contribution in [0.3, 0.4) is 0 Å². The zero-order valence-electron chi connectivity index (χ0n) is 15.6. The number of imidazole rings is 1. The van der Waals surface area contributed by atoms with Gasteiger partial charge in [-0.1, -0.05) is 42.1 Å². The number of rotatable bonds is 8. The van der Waals surface area contributed by atoms with Gasteiger partial charge >= 0.3 is 6.18 Å². The molecule has 3 rings (SSSR count). The lowest BCUT2D eigenvalue weighted by Crippen LogP contribution is -2.19. The third-order valence-corrected chi connectivity index (χ3v) is 7.08. The van der Waals surface area contributed by atoms with E-state index in [0.717, 1.165) is 28.5 Å². The van der Waals surface area contributed by atoms with Crippen molar-refractivity contribution < 1.29 is 26.0 Å². The number of hydrogen-bond donors (Lipinski definition) is 0. The molecule has 0 fully saturated rings. The third kappa shape index (κ3) is 5.85. The Labute approximate surface area is 175 Å². The molecule has 0 aliphatic carbocycles. The second-order valence-corrected chi connectivity index (χ2v) is 9.64. The van der Waals surface area contributed by atoms with Crippen LogP contribution in [0.1, 0.15) is 6.42 Å². The standard InChI is InChI=1S/C20H18F4N2O2S2/c21-16-7-9-17(10-8-16)30(27,28)12-4-11-29-19-25-13-18(15-5-2-1-3-6-15)26(19)14-20(22,23)24/h1-3,5-10,13H,4,11-12,14H2. The molecule has 160 valence electrons. The molecule has 3 aromatic rings. The highest BCUT2D eigenvalue weighted by molar-refractivity contribution is 7.99. The van der Waals surface area contributed by atoms with E-state index in [1.807, 2.05) is 0 Å². The predicted molar refractivity (Wildman–Crippen MR) is 108 cm³/mol. The van der Waals surface area contributed by atoms with E-state index >= 15 is 0 Å². The zero-order chi connectivity index (χ0) is 21.8. The van der Waals surface area contributed by atoms with Crippen molar-refractivity contribution in [3.8, 4) is 11.3 Å². The fourth-order valence-electron chi connectivity index (χ4n) is 2.82. The maximum Gasteiger partial charge on any atom is 0.406 e. The van der Waals surface area contributed by atoms with E-state index < -0.39 is 28.4 Å². The summed E-state index contributed by atoms with van der Waals surface area (Å²) in [5.41, 5.74) is 0.953. The highest BCUT2D eigenvalue weighted by Crippen LogP contribution is 2.30. The topological polar surface area (TPSA) is 52.0 Å². The highest BCUT2D eigenvalue weighted by Gasteiger charge is 2.30. The Kier molecular flexibility index (Phi) is 6.87. The van der Waals surface area contributed by atoms with Crippen LogP contribution >= 0.6 is 11.8 Å². The van der Waals surface area contributed by atoms with Gasteiger partial charge in [0.05, 0.1) is 22.5 Å². The Morgan fingerprint density at radius 2 is 1.67 bits per heavy atom. The molecular weight excluding hydrogens is 440 g/mol. The van der Waals surface area contributed by atoms with E-state index in [9.17, 15) is 26.0 Å². The maximum atomic E-state index is 13.1. The molecule has 0 saturated carbocycles. The Balaban J connectivity index is 1.69. The molecule has 0 aliphatic rings. The quantitative estimate of drug-likeness (QED) is 0.201. The predicted octanol–water partition coefficient (Wildman–Crippen LogP) is 5.21. The van der Waals surface area contributed by atoms with Crippen molar-refractivity contribution in [1.82, 2.24) is 9.55 Å². The fraction of sp³-hybridized carbons (Fsp3) is 0.250. The van der Waals surface area contributed by atoms with Gasteiger partial charge in [-0.15, -0.1) is 0 Å². The van der Waals surface area contributed by atoms with E-state index in [1.54, 1.807) is 30.3 Å². The number of sulfone groups is 1. The molecule has 30 heavy (non-hydrogen) atoms. The van der Waals surface area contributed by atoms with Gasteiger partial charge in [-0.2, -0.15) is 13.2 Å². The summed E-state index contributed by atoms with van der Waals surface area (Å²) >= 11 is 1.07. The van der Waals surface area contributed by atoms with Crippen LogP contribution < -0.4 is 0 Å². The molecule has 0 saturated heterocycles. The van der Waals surface area contributed by atoms with Crippen molar-refractivity contribution in [1.29, 1.82) is 0 Å².